The first kappa shape index (κ1) is 21.2. The highest BCUT2D eigenvalue weighted by Crippen LogP contribution is 2.33. The fourth-order valence-corrected chi connectivity index (χ4v) is 5.11. The minimum atomic E-state index is -0.00944. The smallest absolute Gasteiger partial charge is 0.259 e. The number of thiophene rings is 1. The lowest BCUT2D eigenvalue weighted by atomic mass is 9.97. The van der Waals surface area contributed by atoms with Crippen LogP contribution < -0.4 is 16.2 Å². The van der Waals surface area contributed by atoms with E-state index in [0.717, 1.165) is 36.0 Å². The van der Waals surface area contributed by atoms with Gasteiger partial charge in [-0.25, -0.2) is 4.98 Å². The number of thioether (sulfide) groups is 1. The fourth-order valence-electron chi connectivity index (χ4n) is 3.03. The predicted molar refractivity (Wildman–Crippen MR) is 112 cm³/mol. The van der Waals surface area contributed by atoms with Crippen LogP contribution >= 0.6 is 35.5 Å². The maximum Gasteiger partial charge on any atom is 0.259 e. The van der Waals surface area contributed by atoms with Crippen molar-refractivity contribution in [1.29, 1.82) is 0 Å². The molecule has 0 atom stereocenters. The normalized spacial score (nSPS) is 13.3. The summed E-state index contributed by atoms with van der Waals surface area (Å²) < 4.78 is 0. The summed E-state index contributed by atoms with van der Waals surface area (Å²) in [7, 11) is 1.86. The van der Waals surface area contributed by atoms with Crippen LogP contribution in [0.25, 0.3) is 10.2 Å². The molecule has 1 aliphatic carbocycles. The lowest BCUT2D eigenvalue weighted by Gasteiger charge is -2.09. The highest BCUT2D eigenvalue weighted by molar-refractivity contribution is 7.98. The van der Waals surface area contributed by atoms with Crippen LogP contribution in [0.5, 0.6) is 0 Å². The van der Waals surface area contributed by atoms with E-state index in [1.54, 1.807) is 23.1 Å². The van der Waals surface area contributed by atoms with Crippen molar-refractivity contribution >= 4 is 51.6 Å². The Labute approximate surface area is 167 Å². The van der Waals surface area contributed by atoms with Crippen LogP contribution in [-0.4, -0.2) is 41.8 Å². The summed E-state index contributed by atoms with van der Waals surface area (Å²) in [6, 6.07) is 0. The number of amides is 1. The average Bonchev–Trinajstić information content (AvgIpc) is 2.98. The molecule has 0 aliphatic heterocycles. The van der Waals surface area contributed by atoms with Crippen molar-refractivity contribution in [2.45, 2.75) is 37.9 Å². The van der Waals surface area contributed by atoms with Crippen LogP contribution in [0.2, 0.25) is 0 Å². The van der Waals surface area contributed by atoms with E-state index < -0.39 is 0 Å². The van der Waals surface area contributed by atoms with Crippen molar-refractivity contribution < 1.29 is 4.79 Å². The quantitative estimate of drug-likeness (QED) is 0.574. The van der Waals surface area contributed by atoms with E-state index in [2.05, 4.69) is 20.6 Å². The molecule has 1 aliphatic rings. The lowest BCUT2D eigenvalue weighted by molar-refractivity contribution is -0.120. The first-order chi connectivity index (χ1) is 12.2. The highest BCUT2D eigenvalue weighted by Gasteiger charge is 2.19. The standard InChI is InChI=1S/C17H24N4O2S2.ClH/c1-18-7-8-19-14(22)6-9-24-10-13-20-16(23)15-11-4-2-3-5-12(11)25-17(15)21-13;/h18H,2-10H2,1H3,(H,19,22)(H,20,21,23);1H. The average molecular weight is 417 g/mol. The van der Waals surface area contributed by atoms with Gasteiger partial charge in [-0.2, -0.15) is 11.8 Å². The molecule has 9 heteroatoms. The predicted octanol–water partition coefficient (Wildman–Crippen LogP) is 2.24. The Morgan fingerprint density at radius 2 is 2.12 bits per heavy atom. The first-order valence-electron chi connectivity index (χ1n) is 8.71. The minimum absolute atomic E-state index is 0. The number of aryl methyl sites for hydroxylation is 2. The Morgan fingerprint density at radius 3 is 2.92 bits per heavy atom. The van der Waals surface area contributed by atoms with E-state index in [0.29, 0.717) is 30.3 Å². The largest absolute Gasteiger partial charge is 0.355 e. The molecular formula is C17H25ClN4O2S2. The number of fused-ring (bicyclic) bond motifs is 3. The molecule has 2 heterocycles. The molecule has 0 saturated heterocycles. The van der Waals surface area contributed by atoms with Crippen molar-refractivity contribution in [2.24, 2.45) is 0 Å². The molecule has 6 nitrogen and oxygen atoms in total. The zero-order valence-corrected chi connectivity index (χ0v) is 17.3. The van der Waals surface area contributed by atoms with Crippen molar-refractivity contribution in [3.63, 3.8) is 0 Å². The summed E-state index contributed by atoms with van der Waals surface area (Å²) in [5.41, 5.74) is 1.21. The number of carbonyl (C=O) groups excluding carboxylic acids is 1. The molecule has 0 bridgehead atoms. The van der Waals surface area contributed by atoms with Crippen molar-refractivity contribution in [2.75, 3.05) is 25.9 Å². The molecule has 1 amide bonds. The fraction of sp³-hybridized carbons (Fsp3) is 0.588. The number of rotatable bonds is 8. The molecule has 0 radical (unpaired) electrons. The third-order valence-electron chi connectivity index (χ3n) is 4.28. The van der Waals surface area contributed by atoms with Gasteiger partial charge in [0.2, 0.25) is 5.91 Å². The van der Waals surface area contributed by atoms with Crippen LogP contribution in [0, 0.1) is 0 Å². The zero-order valence-electron chi connectivity index (χ0n) is 14.9. The topological polar surface area (TPSA) is 86.9 Å². The van der Waals surface area contributed by atoms with Gasteiger partial charge in [-0.3, -0.25) is 9.59 Å². The van der Waals surface area contributed by atoms with Gasteiger partial charge < -0.3 is 15.6 Å². The van der Waals surface area contributed by atoms with Gasteiger partial charge in [-0.15, -0.1) is 23.7 Å². The number of H-pyrrole nitrogens is 1. The number of halogens is 1. The monoisotopic (exact) mass is 416 g/mol. The SMILES string of the molecule is CNCCNC(=O)CCSCc1nc2sc3c(c2c(=O)[nH]1)CCCC3.Cl. The molecule has 0 spiro atoms. The van der Waals surface area contributed by atoms with E-state index in [1.165, 1.54) is 16.9 Å². The van der Waals surface area contributed by atoms with Gasteiger partial charge >= 0.3 is 0 Å². The zero-order chi connectivity index (χ0) is 17.6. The number of nitrogens with zero attached hydrogens (tertiary/aromatic N) is 1. The molecule has 0 saturated carbocycles. The van der Waals surface area contributed by atoms with E-state index >= 15 is 0 Å². The van der Waals surface area contributed by atoms with Crippen LogP contribution in [-0.2, 0) is 23.4 Å². The number of aromatic nitrogens is 2. The number of hydrogen-bond acceptors (Lipinski definition) is 6. The van der Waals surface area contributed by atoms with Crippen molar-refractivity contribution in [3.8, 4) is 0 Å². The van der Waals surface area contributed by atoms with Gasteiger partial charge in [-0.05, 0) is 38.3 Å². The van der Waals surface area contributed by atoms with E-state index in [9.17, 15) is 9.59 Å². The molecule has 0 unspecified atom stereocenters. The molecule has 2 aromatic rings. The number of likely N-dealkylation sites (N-methyl/N-ethyl adjacent to an activating group) is 1. The van der Waals surface area contributed by atoms with Crippen molar-refractivity contribution in [3.05, 3.63) is 26.6 Å². The second kappa shape index (κ2) is 10.3. The molecule has 3 rings (SSSR count). The molecule has 0 fully saturated rings. The molecule has 144 valence electrons. The summed E-state index contributed by atoms with van der Waals surface area (Å²) in [6.45, 7) is 1.42. The Kier molecular flexibility index (Phi) is 8.40. The van der Waals surface area contributed by atoms with E-state index in [1.807, 2.05) is 7.05 Å². The molecule has 26 heavy (non-hydrogen) atoms. The number of hydrogen-bond donors (Lipinski definition) is 3. The first-order valence-corrected chi connectivity index (χ1v) is 10.7. The maximum atomic E-state index is 12.5. The summed E-state index contributed by atoms with van der Waals surface area (Å²) in [4.78, 5) is 33.9. The summed E-state index contributed by atoms with van der Waals surface area (Å²) in [5.74, 6) is 2.10. The van der Waals surface area contributed by atoms with Gasteiger partial charge in [0.1, 0.15) is 10.7 Å². The van der Waals surface area contributed by atoms with Crippen LogP contribution in [0.3, 0.4) is 0 Å². The van der Waals surface area contributed by atoms with Crippen LogP contribution in [0.1, 0.15) is 35.5 Å². The Bertz CT molecular complexity index is 806. The van der Waals surface area contributed by atoms with Gasteiger partial charge in [0.25, 0.3) is 5.56 Å². The summed E-state index contributed by atoms with van der Waals surface area (Å²) >= 11 is 3.29. The maximum absolute atomic E-state index is 12.5. The second-order valence-corrected chi connectivity index (χ2v) is 8.35. The van der Waals surface area contributed by atoms with Gasteiger partial charge in [0, 0.05) is 30.1 Å². The van der Waals surface area contributed by atoms with Gasteiger partial charge in [-0.1, -0.05) is 0 Å². The number of nitrogens with one attached hydrogen (secondary N) is 3. The Balaban J connectivity index is 0.00000243. The van der Waals surface area contributed by atoms with Crippen LogP contribution in [0.15, 0.2) is 4.79 Å². The minimum Gasteiger partial charge on any atom is -0.355 e. The summed E-state index contributed by atoms with van der Waals surface area (Å²) in [5, 5.41) is 6.65. The Morgan fingerprint density at radius 1 is 1.31 bits per heavy atom. The highest BCUT2D eigenvalue weighted by atomic mass is 35.5. The molecule has 0 aromatic carbocycles. The molecule has 2 aromatic heterocycles. The Hall–Kier alpha value is -1.09. The lowest BCUT2D eigenvalue weighted by Crippen LogP contribution is -2.30. The molecule has 3 N–H and O–H groups in total. The van der Waals surface area contributed by atoms with E-state index in [4.69, 9.17) is 0 Å². The molecular weight excluding hydrogens is 392 g/mol. The van der Waals surface area contributed by atoms with Crippen LogP contribution in [0.4, 0.5) is 0 Å². The number of aromatic amines is 1. The second-order valence-electron chi connectivity index (χ2n) is 6.16. The van der Waals surface area contributed by atoms with Gasteiger partial charge in [0.15, 0.2) is 0 Å². The third-order valence-corrected chi connectivity index (χ3v) is 6.44. The number of carbonyl (C=O) groups is 1. The third kappa shape index (κ3) is 5.22. The van der Waals surface area contributed by atoms with Crippen molar-refractivity contribution in [1.82, 2.24) is 20.6 Å². The van der Waals surface area contributed by atoms with Gasteiger partial charge in [0.05, 0.1) is 11.1 Å². The van der Waals surface area contributed by atoms with E-state index in [-0.39, 0.29) is 23.9 Å². The summed E-state index contributed by atoms with van der Waals surface area (Å²) in [6.07, 6.45) is 4.91.